The number of aliphatic hydroxyl groups is 1. The molecule has 1 aromatic heterocycles. The molecule has 3 N–H and O–H groups in total. The summed E-state index contributed by atoms with van der Waals surface area (Å²) in [6.07, 6.45) is 3.90. The molecule has 2 rings (SSSR count). The number of rotatable bonds is 4. The van der Waals surface area contributed by atoms with Gasteiger partial charge in [-0.3, -0.25) is 0 Å². The number of urea groups is 1. The fourth-order valence-corrected chi connectivity index (χ4v) is 2.52. The van der Waals surface area contributed by atoms with E-state index in [0.717, 1.165) is 22.6 Å². The SMILES string of the molecule is O=C(NCc1ccc(C#CCCO)s1)NC1CCC1. The van der Waals surface area contributed by atoms with Crippen LogP contribution in [0.2, 0.25) is 0 Å². The van der Waals surface area contributed by atoms with Crippen molar-refractivity contribution in [3.63, 3.8) is 0 Å². The first kappa shape index (κ1) is 13.9. The molecule has 5 heteroatoms. The summed E-state index contributed by atoms with van der Waals surface area (Å²) in [5.41, 5.74) is 0. The molecular formula is C14H18N2O2S. The van der Waals surface area contributed by atoms with Gasteiger partial charge in [0.15, 0.2) is 0 Å². The fourth-order valence-electron chi connectivity index (χ4n) is 1.70. The predicted molar refractivity (Wildman–Crippen MR) is 75.9 cm³/mol. The van der Waals surface area contributed by atoms with Crippen molar-refractivity contribution in [2.75, 3.05) is 6.61 Å². The third kappa shape index (κ3) is 4.58. The molecule has 102 valence electrons. The zero-order valence-electron chi connectivity index (χ0n) is 10.7. The summed E-state index contributed by atoms with van der Waals surface area (Å²) >= 11 is 1.57. The van der Waals surface area contributed by atoms with Crippen molar-refractivity contribution in [3.8, 4) is 11.8 Å². The first-order valence-electron chi connectivity index (χ1n) is 6.51. The first-order valence-corrected chi connectivity index (χ1v) is 7.32. The Morgan fingerprint density at radius 1 is 1.47 bits per heavy atom. The summed E-state index contributed by atoms with van der Waals surface area (Å²) in [4.78, 5) is 13.6. The van der Waals surface area contributed by atoms with Crippen molar-refractivity contribution in [2.24, 2.45) is 0 Å². The minimum Gasteiger partial charge on any atom is -0.395 e. The summed E-state index contributed by atoms with van der Waals surface area (Å²) in [6.45, 7) is 0.624. The lowest BCUT2D eigenvalue weighted by molar-refractivity contribution is 0.228. The maximum absolute atomic E-state index is 11.6. The summed E-state index contributed by atoms with van der Waals surface area (Å²) in [7, 11) is 0. The summed E-state index contributed by atoms with van der Waals surface area (Å²) in [5.74, 6) is 5.87. The van der Waals surface area contributed by atoms with Gasteiger partial charge in [-0.15, -0.1) is 11.3 Å². The molecule has 0 radical (unpaired) electrons. The van der Waals surface area contributed by atoms with E-state index in [0.29, 0.717) is 19.0 Å². The highest BCUT2D eigenvalue weighted by Gasteiger charge is 2.18. The summed E-state index contributed by atoms with van der Waals surface area (Å²) in [6, 6.07) is 4.18. The van der Waals surface area contributed by atoms with Crippen molar-refractivity contribution >= 4 is 17.4 Å². The van der Waals surface area contributed by atoms with E-state index >= 15 is 0 Å². The normalized spacial score (nSPS) is 14.2. The number of aliphatic hydroxyl groups excluding tert-OH is 1. The molecule has 0 saturated heterocycles. The number of amides is 2. The van der Waals surface area contributed by atoms with Crippen LogP contribution in [0.5, 0.6) is 0 Å². The van der Waals surface area contributed by atoms with Crippen LogP contribution in [0.4, 0.5) is 4.79 Å². The third-order valence-corrected chi connectivity index (χ3v) is 3.97. The third-order valence-electron chi connectivity index (χ3n) is 2.97. The van der Waals surface area contributed by atoms with Gasteiger partial charge in [-0.2, -0.15) is 0 Å². The average molecular weight is 278 g/mol. The van der Waals surface area contributed by atoms with E-state index in [1.807, 2.05) is 12.1 Å². The molecule has 1 heterocycles. The lowest BCUT2D eigenvalue weighted by atomic mass is 9.93. The highest BCUT2D eigenvalue weighted by atomic mass is 32.1. The second-order valence-corrected chi connectivity index (χ2v) is 5.66. The molecular weight excluding hydrogens is 260 g/mol. The van der Waals surface area contributed by atoms with Crippen LogP contribution in [0.25, 0.3) is 0 Å². The van der Waals surface area contributed by atoms with E-state index < -0.39 is 0 Å². The lowest BCUT2D eigenvalue weighted by Gasteiger charge is -2.26. The second kappa shape index (κ2) is 7.17. The molecule has 0 unspecified atom stereocenters. The van der Waals surface area contributed by atoms with Crippen molar-refractivity contribution in [1.29, 1.82) is 0 Å². The number of thiophene rings is 1. The van der Waals surface area contributed by atoms with Crippen LogP contribution in [0.3, 0.4) is 0 Å². The smallest absolute Gasteiger partial charge is 0.315 e. The molecule has 0 aromatic carbocycles. The molecule has 1 aliphatic carbocycles. The molecule has 2 amide bonds. The minimum absolute atomic E-state index is 0.0914. The van der Waals surface area contributed by atoms with Gasteiger partial charge < -0.3 is 15.7 Å². The second-order valence-electron chi connectivity index (χ2n) is 4.50. The number of carbonyl (C=O) groups is 1. The number of nitrogens with one attached hydrogen (secondary N) is 2. The van der Waals surface area contributed by atoms with Crippen LogP contribution in [-0.2, 0) is 6.54 Å². The molecule has 19 heavy (non-hydrogen) atoms. The van der Waals surface area contributed by atoms with Crippen LogP contribution < -0.4 is 10.6 Å². The van der Waals surface area contributed by atoms with Gasteiger partial charge in [0.05, 0.1) is 18.0 Å². The number of hydrogen-bond acceptors (Lipinski definition) is 3. The van der Waals surface area contributed by atoms with Crippen molar-refractivity contribution in [3.05, 3.63) is 21.9 Å². The van der Waals surface area contributed by atoms with E-state index in [1.54, 1.807) is 11.3 Å². The van der Waals surface area contributed by atoms with Crippen molar-refractivity contribution in [1.82, 2.24) is 10.6 Å². The number of hydrogen-bond donors (Lipinski definition) is 3. The van der Waals surface area contributed by atoms with Crippen LogP contribution >= 0.6 is 11.3 Å². The Kier molecular flexibility index (Phi) is 5.25. The fraction of sp³-hybridized carbons (Fsp3) is 0.500. The molecule has 1 aromatic rings. The molecule has 0 spiro atoms. The average Bonchev–Trinajstić information content (AvgIpc) is 2.80. The van der Waals surface area contributed by atoms with Gasteiger partial charge >= 0.3 is 6.03 Å². The van der Waals surface area contributed by atoms with Crippen LogP contribution in [-0.4, -0.2) is 23.8 Å². The van der Waals surface area contributed by atoms with Gasteiger partial charge in [-0.25, -0.2) is 4.79 Å². The van der Waals surface area contributed by atoms with E-state index in [-0.39, 0.29) is 12.6 Å². The van der Waals surface area contributed by atoms with E-state index in [1.165, 1.54) is 6.42 Å². The van der Waals surface area contributed by atoms with Gasteiger partial charge in [0, 0.05) is 17.3 Å². The van der Waals surface area contributed by atoms with Gasteiger partial charge in [0.2, 0.25) is 0 Å². The Balaban J connectivity index is 1.73. The van der Waals surface area contributed by atoms with Crippen LogP contribution in [0.15, 0.2) is 12.1 Å². The Hall–Kier alpha value is -1.51. The summed E-state index contributed by atoms with van der Waals surface area (Å²) in [5, 5.41) is 14.4. The molecule has 1 saturated carbocycles. The quantitative estimate of drug-likeness (QED) is 0.736. The Bertz CT molecular complexity index is 483. The first-order chi connectivity index (χ1) is 9.28. The molecule has 4 nitrogen and oxygen atoms in total. The molecule has 0 bridgehead atoms. The monoisotopic (exact) mass is 278 g/mol. The van der Waals surface area contributed by atoms with Crippen molar-refractivity contribution < 1.29 is 9.90 Å². The Morgan fingerprint density at radius 3 is 3.00 bits per heavy atom. The van der Waals surface area contributed by atoms with Gasteiger partial charge in [0.25, 0.3) is 0 Å². The highest BCUT2D eigenvalue weighted by Crippen LogP contribution is 2.18. The van der Waals surface area contributed by atoms with E-state index in [9.17, 15) is 4.79 Å². The van der Waals surface area contributed by atoms with Gasteiger partial charge in [0.1, 0.15) is 0 Å². The standard InChI is InChI=1S/C14H18N2O2S/c17-9-2-1-6-12-7-8-13(19-12)10-15-14(18)16-11-4-3-5-11/h7-8,11,17H,2-5,9-10H2,(H2,15,16,18). The molecule has 1 fully saturated rings. The Morgan fingerprint density at radius 2 is 2.32 bits per heavy atom. The summed E-state index contributed by atoms with van der Waals surface area (Å²) < 4.78 is 0. The van der Waals surface area contributed by atoms with E-state index in [4.69, 9.17) is 5.11 Å². The predicted octanol–water partition coefficient (Wildman–Crippen LogP) is 1.83. The van der Waals surface area contributed by atoms with E-state index in [2.05, 4.69) is 22.5 Å². The maximum atomic E-state index is 11.6. The zero-order valence-corrected chi connectivity index (χ0v) is 11.6. The molecule has 0 atom stereocenters. The largest absolute Gasteiger partial charge is 0.395 e. The topological polar surface area (TPSA) is 61.4 Å². The minimum atomic E-state index is -0.0917. The molecule has 1 aliphatic rings. The highest BCUT2D eigenvalue weighted by molar-refractivity contribution is 7.12. The maximum Gasteiger partial charge on any atom is 0.315 e. The Labute approximate surface area is 117 Å². The zero-order chi connectivity index (χ0) is 13.5. The van der Waals surface area contributed by atoms with Crippen LogP contribution in [0, 0.1) is 11.8 Å². The van der Waals surface area contributed by atoms with Gasteiger partial charge in [-0.05, 0) is 31.4 Å². The van der Waals surface area contributed by atoms with Crippen molar-refractivity contribution in [2.45, 2.75) is 38.3 Å². The number of carbonyl (C=O) groups excluding carboxylic acids is 1. The van der Waals surface area contributed by atoms with Crippen LogP contribution in [0.1, 0.15) is 35.4 Å². The molecule has 0 aliphatic heterocycles. The lowest BCUT2D eigenvalue weighted by Crippen LogP contribution is -2.44. The van der Waals surface area contributed by atoms with Gasteiger partial charge in [-0.1, -0.05) is 11.8 Å².